The largest absolute Gasteiger partial charge is 0.387 e. The first-order chi connectivity index (χ1) is 10.8. The first kappa shape index (κ1) is 15.1. The van der Waals surface area contributed by atoms with Crippen LogP contribution in [0.25, 0.3) is 0 Å². The maximum absolute atomic E-state index is 12.8. The molecule has 1 atom stereocenters. The van der Waals surface area contributed by atoms with Gasteiger partial charge in [0.1, 0.15) is 5.71 Å². The van der Waals surface area contributed by atoms with E-state index in [0.29, 0.717) is 18.2 Å². The normalized spacial score (nSPS) is 22.0. The standard InChI is InChI=1S/C18H24N2O2/c1-2-20(15-11-7-4-8-12-15)18(21)16-13-17(22-19-16)14-9-5-3-6-10-14/h3,5-6,9-10,15,17H,2,4,7-8,11-13H2,1H3. The maximum atomic E-state index is 12.8. The summed E-state index contributed by atoms with van der Waals surface area (Å²) in [6, 6.07) is 10.4. The van der Waals surface area contributed by atoms with Crippen molar-refractivity contribution in [1.29, 1.82) is 0 Å². The van der Waals surface area contributed by atoms with Gasteiger partial charge in [-0.3, -0.25) is 4.79 Å². The molecule has 0 bridgehead atoms. The van der Waals surface area contributed by atoms with Gasteiger partial charge in [0.15, 0.2) is 6.10 Å². The van der Waals surface area contributed by atoms with E-state index in [1.165, 1.54) is 19.3 Å². The fraction of sp³-hybridized carbons (Fsp3) is 0.556. The van der Waals surface area contributed by atoms with Crippen molar-refractivity contribution in [3.8, 4) is 0 Å². The number of benzene rings is 1. The average Bonchev–Trinajstić information content (AvgIpc) is 3.07. The predicted octanol–water partition coefficient (Wildman–Crippen LogP) is 3.69. The summed E-state index contributed by atoms with van der Waals surface area (Å²) in [4.78, 5) is 20.3. The fourth-order valence-electron chi connectivity index (χ4n) is 3.48. The molecule has 1 fully saturated rings. The highest BCUT2D eigenvalue weighted by atomic mass is 16.6. The summed E-state index contributed by atoms with van der Waals surface area (Å²) in [5, 5.41) is 4.08. The SMILES string of the molecule is CCN(C(=O)C1=NOC(c2ccccc2)C1)C1CCCCC1. The Morgan fingerprint density at radius 3 is 2.64 bits per heavy atom. The zero-order valence-corrected chi connectivity index (χ0v) is 13.2. The number of amides is 1. The van der Waals surface area contributed by atoms with E-state index in [0.717, 1.165) is 24.9 Å². The summed E-state index contributed by atoms with van der Waals surface area (Å²) in [6.45, 7) is 2.80. The Bertz CT molecular complexity index is 535. The third-order valence-corrected chi connectivity index (χ3v) is 4.70. The lowest BCUT2D eigenvalue weighted by molar-refractivity contribution is -0.126. The van der Waals surface area contributed by atoms with Crippen molar-refractivity contribution in [1.82, 2.24) is 4.90 Å². The van der Waals surface area contributed by atoms with Crippen LogP contribution in [0.3, 0.4) is 0 Å². The molecule has 1 heterocycles. The molecule has 1 amide bonds. The monoisotopic (exact) mass is 300 g/mol. The van der Waals surface area contributed by atoms with Crippen molar-refractivity contribution in [2.24, 2.45) is 5.16 Å². The summed E-state index contributed by atoms with van der Waals surface area (Å²) in [5.41, 5.74) is 1.65. The lowest BCUT2D eigenvalue weighted by Gasteiger charge is -2.33. The van der Waals surface area contributed by atoms with Crippen LogP contribution in [0, 0.1) is 0 Å². The van der Waals surface area contributed by atoms with Gasteiger partial charge in [-0.1, -0.05) is 54.8 Å². The van der Waals surface area contributed by atoms with Gasteiger partial charge in [-0.2, -0.15) is 0 Å². The highest BCUT2D eigenvalue weighted by molar-refractivity contribution is 6.39. The van der Waals surface area contributed by atoms with Crippen LogP contribution in [0.5, 0.6) is 0 Å². The van der Waals surface area contributed by atoms with Crippen molar-refractivity contribution < 1.29 is 9.63 Å². The molecule has 0 N–H and O–H groups in total. The molecule has 118 valence electrons. The smallest absolute Gasteiger partial charge is 0.272 e. The van der Waals surface area contributed by atoms with Gasteiger partial charge >= 0.3 is 0 Å². The molecule has 0 spiro atoms. The Kier molecular flexibility index (Phi) is 4.76. The lowest BCUT2D eigenvalue weighted by Crippen LogP contribution is -2.44. The highest BCUT2D eigenvalue weighted by Gasteiger charge is 2.32. The predicted molar refractivity (Wildman–Crippen MR) is 86.6 cm³/mol. The minimum absolute atomic E-state index is 0.0628. The van der Waals surface area contributed by atoms with E-state index in [2.05, 4.69) is 12.1 Å². The molecule has 2 aliphatic rings. The van der Waals surface area contributed by atoms with Crippen LogP contribution < -0.4 is 0 Å². The average molecular weight is 300 g/mol. The van der Waals surface area contributed by atoms with Gasteiger partial charge in [-0.05, 0) is 25.3 Å². The molecule has 4 nitrogen and oxygen atoms in total. The third kappa shape index (κ3) is 3.16. The number of carbonyl (C=O) groups is 1. The fourth-order valence-corrected chi connectivity index (χ4v) is 3.48. The molecule has 1 aliphatic carbocycles. The molecule has 1 aromatic carbocycles. The first-order valence-corrected chi connectivity index (χ1v) is 8.38. The van der Waals surface area contributed by atoms with E-state index in [1.807, 2.05) is 35.2 Å². The zero-order valence-electron chi connectivity index (χ0n) is 13.2. The zero-order chi connectivity index (χ0) is 15.4. The highest BCUT2D eigenvalue weighted by Crippen LogP contribution is 2.29. The van der Waals surface area contributed by atoms with E-state index in [-0.39, 0.29) is 12.0 Å². The molecule has 1 aliphatic heterocycles. The van der Waals surface area contributed by atoms with Crippen LogP contribution in [-0.4, -0.2) is 29.1 Å². The number of oxime groups is 1. The first-order valence-electron chi connectivity index (χ1n) is 8.38. The van der Waals surface area contributed by atoms with Crippen LogP contribution in [0.2, 0.25) is 0 Å². The molecule has 22 heavy (non-hydrogen) atoms. The quantitative estimate of drug-likeness (QED) is 0.851. The van der Waals surface area contributed by atoms with Gasteiger partial charge in [0.05, 0.1) is 0 Å². The molecule has 0 saturated heterocycles. The van der Waals surface area contributed by atoms with Gasteiger partial charge in [-0.15, -0.1) is 0 Å². The van der Waals surface area contributed by atoms with Crippen LogP contribution in [-0.2, 0) is 9.63 Å². The molecule has 1 unspecified atom stereocenters. The molecule has 0 aromatic heterocycles. The molecular weight excluding hydrogens is 276 g/mol. The van der Waals surface area contributed by atoms with Gasteiger partial charge in [-0.25, -0.2) is 0 Å². The number of rotatable bonds is 4. The van der Waals surface area contributed by atoms with Crippen LogP contribution in [0.4, 0.5) is 0 Å². The van der Waals surface area contributed by atoms with E-state index in [1.54, 1.807) is 0 Å². The molecular formula is C18H24N2O2. The van der Waals surface area contributed by atoms with Gasteiger partial charge < -0.3 is 9.74 Å². The number of hydrogen-bond donors (Lipinski definition) is 0. The maximum Gasteiger partial charge on any atom is 0.272 e. The number of nitrogens with zero attached hydrogens (tertiary/aromatic N) is 2. The molecule has 1 aromatic rings. The van der Waals surface area contributed by atoms with Crippen LogP contribution >= 0.6 is 0 Å². The Hall–Kier alpha value is -1.84. The molecule has 1 saturated carbocycles. The lowest BCUT2D eigenvalue weighted by atomic mass is 9.93. The minimum Gasteiger partial charge on any atom is -0.387 e. The molecule has 0 radical (unpaired) electrons. The van der Waals surface area contributed by atoms with E-state index >= 15 is 0 Å². The van der Waals surface area contributed by atoms with Crippen molar-refractivity contribution in [2.45, 2.75) is 57.6 Å². The van der Waals surface area contributed by atoms with E-state index < -0.39 is 0 Å². The second kappa shape index (κ2) is 6.95. The summed E-state index contributed by atoms with van der Waals surface area (Å²) >= 11 is 0. The van der Waals surface area contributed by atoms with Crippen molar-refractivity contribution >= 4 is 11.6 Å². The van der Waals surface area contributed by atoms with Gasteiger partial charge in [0, 0.05) is 19.0 Å². The van der Waals surface area contributed by atoms with E-state index in [9.17, 15) is 4.79 Å². The van der Waals surface area contributed by atoms with Crippen molar-refractivity contribution in [2.75, 3.05) is 6.54 Å². The summed E-state index contributed by atoms with van der Waals surface area (Å²) < 4.78 is 0. The Balaban J connectivity index is 1.65. The van der Waals surface area contributed by atoms with Crippen molar-refractivity contribution in [3.05, 3.63) is 35.9 Å². The van der Waals surface area contributed by atoms with Gasteiger partial charge in [0.2, 0.25) is 0 Å². The second-order valence-corrected chi connectivity index (χ2v) is 6.13. The Morgan fingerprint density at radius 1 is 1.23 bits per heavy atom. The van der Waals surface area contributed by atoms with Crippen molar-refractivity contribution in [3.63, 3.8) is 0 Å². The Morgan fingerprint density at radius 2 is 1.95 bits per heavy atom. The minimum atomic E-state index is -0.120. The van der Waals surface area contributed by atoms with Crippen LogP contribution in [0.1, 0.15) is 57.1 Å². The van der Waals surface area contributed by atoms with Gasteiger partial charge in [0.25, 0.3) is 5.91 Å². The summed E-state index contributed by atoms with van der Waals surface area (Å²) in [6.07, 6.45) is 6.44. The molecule has 4 heteroatoms. The third-order valence-electron chi connectivity index (χ3n) is 4.70. The topological polar surface area (TPSA) is 41.9 Å². The summed E-state index contributed by atoms with van der Waals surface area (Å²) in [5.74, 6) is 0.0628. The molecule has 3 rings (SSSR count). The Labute approximate surface area is 132 Å². The number of hydrogen-bond acceptors (Lipinski definition) is 3. The second-order valence-electron chi connectivity index (χ2n) is 6.13. The van der Waals surface area contributed by atoms with Crippen LogP contribution in [0.15, 0.2) is 35.5 Å². The van der Waals surface area contributed by atoms with E-state index in [4.69, 9.17) is 4.84 Å². The number of carbonyl (C=O) groups excluding carboxylic acids is 1. The summed E-state index contributed by atoms with van der Waals surface area (Å²) in [7, 11) is 0.